The average Bonchev–Trinajstić information content (AvgIpc) is 3.18. The first-order valence-corrected chi connectivity index (χ1v) is 12.1. The Kier molecular flexibility index (Phi) is 8.02. The molecule has 1 aliphatic heterocycles. The van der Waals surface area contributed by atoms with Crippen molar-refractivity contribution in [2.24, 2.45) is 4.99 Å². The fraction of sp³-hybridized carbons (Fsp3) is 0.185. The second-order valence-corrected chi connectivity index (χ2v) is 9.10. The molecule has 0 aromatic heterocycles. The smallest absolute Gasteiger partial charge is 0.337 e. The molecule has 0 spiro atoms. The summed E-state index contributed by atoms with van der Waals surface area (Å²) in [6.07, 6.45) is -0.0187. The van der Waals surface area contributed by atoms with E-state index in [2.05, 4.69) is 10.1 Å². The predicted octanol–water partition coefficient (Wildman–Crippen LogP) is 4.64. The Hall–Kier alpha value is -4.11. The molecule has 36 heavy (non-hydrogen) atoms. The number of thioether (sulfide) groups is 1. The summed E-state index contributed by atoms with van der Waals surface area (Å²) >= 11 is 1.27. The van der Waals surface area contributed by atoms with Crippen LogP contribution in [0.2, 0.25) is 0 Å². The van der Waals surface area contributed by atoms with Crippen molar-refractivity contribution in [2.45, 2.75) is 18.2 Å². The predicted molar refractivity (Wildman–Crippen MR) is 139 cm³/mol. The zero-order valence-corrected chi connectivity index (χ0v) is 20.7. The average molecular weight is 504 g/mol. The number of nitrogens with one attached hydrogen (secondary N) is 1. The van der Waals surface area contributed by atoms with Gasteiger partial charge in [0.05, 0.1) is 32.0 Å². The van der Waals surface area contributed by atoms with E-state index in [-0.39, 0.29) is 18.2 Å². The van der Waals surface area contributed by atoms with Crippen LogP contribution in [0.25, 0.3) is 0 Å². The SMILES string of the molecule is COC(=O)c1ccc(NC(=O)CC2SC(=Nc3ccc(OC)cc3)N(Cc3ccccc3)C2=O)cc1. The van der Waals surface area contributed by atoms with Crippen LogP contribution in [0, 0.1) is 0 Å². The molecule has 0 radical (unpaired) electrons. The van der Waals surface area contributed by atoms with Gasteiger partial charge in [0, 0.05) is 12.1 Å². The number of methoxy groups -OCH3 is 2. The summed E-state index contributed by atoms with van der Waals surface area (Å²) in [5.74, 6) is -0.225. The van der Waals surface area contributed by atoms with Gasteiger partial charge in [-0.2, -0.15) is 0 Å². The number of aliphatic imine (C=N–C) groups is 1. The fourth-order valence-electron chi connectivity index (χ4n) is 3.59. The van der Waals surface area contributed by atoms with Crippen LogP contribution in [-0.2, 0) is 20.9 Å². The molecular weight excluding hydrogens is 478 g/mol. The van der Waals surface area contributed by atoms with Crippen LogP contribution < -0.4 is 10.1 Å². The Morgan fingerprint density at radius 3 is 2.31 bits per heavy atom. The number of ether oxygens (including phenoxy) is 2. The van der Waals surface area contributed by atoms with E-state index in [1.54, 1.807) is 48.4 Å². The maximum atomic E-state index is 13.3. The maximum absolute atomic E-state index is 13.3. The molecule has 1 unspecified atom stereocenters. The van der Waals surface area contributed by atoms with Gasteiger partial charge in [0.25, 0.3) is 0 Å². The number of amidine groups is 1. The second-order valence-electron chi connectivity index (χ2n) is 7.93. The molecule has 3 aromatic carbocycles. The van der Waals surface area contributed by atoms with E-state index in [0.717, 1.165) is 5.56 Å². The molecule has 9 heteroatoms. The number of hydrogen-bond acceptors (Lipinski definition) is 7. The highest BCUT2D eigenvalue weighted by Gasteiger charge is 2.39. The molecule has 0 bridgehead atoms. The van der Waals surface area contributed by atoms with Crippen LogP contribution in [-0.4, -0.2) is 47.3 Å². The third kappa shape index (κ3) is 6.11. The fourth-order valence-corrected chi connectivity index (χ4v) is 4.75. The Labute approximate surface area is 213 Å². The van der Waals surface area contributed by atoms with Crippen molar-refractivity contribution < 1.29 is 23.9 Å². The Bertz CT molecular complexity index is 1260. The quantitative estimate of drug-likeness (QED) is 0.450. The van der Waals surface area contributed by atoms with Gasteiger partial charge in [-0.3, -0.25) is 14.5 Å². The first-order chi connectivity index (χ1) is 17.5. The number of benzene rings is 3. The first-order valence-electron chi connectivity index (χ1n) is 11.2. The Balaban J connectivity index is 1.49. The zero-order chi connectivity index (χ0) is 25.5. The topological polar surface area (TPSA) is 97.3 Å². The molecule has 1 atom stereocenters. The van der Waals surface area contributed by atoms with Gasteiger partial charge < -0.3 is 14.8 Å². The first kappa shape index (κ1) is 25.0. The van der Waals surface area contributed by atoms with Gasteiger partial charge in [0.15, 0.2) is 5.17 Å². The molecule has 184 valence electrons. The third-order valence-corrected chi connectivity index (χ3v) is 6.64. The standard InChI is InChI=1S/C27H25N3O5S/c1-34-22-14-12-21(13-15-22)29-27-30(17-18-6-4-3-5-7-18)25(32)23(36-27)16-24(31)28-20-10-8-19(9-11-20)26(33)35-2/h3-15,23H,16-17H2,1-2H3,(H,28,31). The van der Waals surface area contributed by atoms with Crippen molar-refractivity contribution in [3.05, 3.63) is 90.0 Å². The number of carbonyl (C=O) groups excluding carboxylic acids is 3. The lowest BCUT2D eigenvalue weighted by molar-refractivity contribution is -0.128. The van der Waals surface area contributed by atoms with Gasteiger partial charge in [-0.05, 0) is 54.1 Å². The molecule has 1 heterocycles. The minimum atomic E-state index is -0.611. The number of amides is 2. The van der Waals surface area contributed by atoms with Crippen LogP contribution >= 0.6 is 11.8 Å². The zero-order valence-electron chi connectivity index (χ0n) is 19.8. The van der Waals surface area contributed by atoms with Gasteiger partial charge >= 0.3 is 5.97 Å². The number of hydrogen-bond donors (Lipinski definition) is 1. The Morgan fingerprint density at radius 1 is 0.972 bits per heavy atom. The van der Waals surface area contributed by atoms with Crippen LogP contribution in [0.4, 0.5) is 11.4 Å². The highest BCUT2D eigenvalue weighted by molar-refractivity contribution is 8.15. The molecule has 1 N–H and O–H groups in total. The summed E-state index contributed by atoms with van der Waals surface area (Å²) in [7, 11) is 2.90. The molecule has 1 saturated heterocycles. The molecule has 0 aliphatic carbocycles. The van der Waals surface area contributed by atoms with Crippen LogP contribution in [0.5, 0.6) is 5.75 Å². The molecule has 1 aliphatic rings. The van der Waals surface area contributed by atoms with E-state index < -0.39 is 11.2 Å². The van der Waals surface area contributed by atoms with Crippen molar-refractivity contribution in [2.75, 3.05) is 19.5 Å². The monoisotopic (exact) mass is 503 g/mol. The largest absolute Gasteiger partial charge is 0.497 e. The number of anilines is 1. The lowest BCUT2D eigenvalue weighted by Crippen LogP contribution is -2.33. The van der Waals surface area contributed by atoms with E-state index in [1.165, 1.54) is 18.9 Å². The molecule has 0 saturated carbocycles. The van der Waals surface area contributed by atoms with Crippen LogP contribution in [0.15, 0.2) is 83.9 Å². The van der Waals surface area contributed by atoms with Crippen molar-refractivity contribution in [1.82, 2.24) is 4.90 Å². The van der Waals surface area contributed by atoms with Crippen molar-refractivity contribution in [3.63, 3.8) is 0 Å². The van der Waals surface area contributed by atoms with Gasteiger partial charge in [-0.25, -0.2) is 9.79 Å². The molecule has 8 nitrogen and oxygen atoms in total. The van der Waals surface area contributed by atoms with Gasteiger partial charge in [0.2, 0.25) is 11.8 Å². The normalized spacial score (nSPS) is 16.2. The molecule has 1 fully saturated rings. The second kappa shape index (κ2) is 11.5. The van der Waals surface area contributed by atoms with Crippen molar-refractivity contribution >= 4 is 46.1 Å². The summed E-state index contributed by atoms with van der Waals surface area (Å²) < 4.78 is 9.89. The Morgan fingerprint density at radius 2 is 1.67 bits per heavy atom. The summed E-state index contributed by atoms with van der Waals surface area (Å²) in [4.78, 5) is 44.0. The maximum Gasteiger partial charge on any atom is 0.337 e. The molecule has 4 rings (SSSR count). The van der Waals surface area contributed by atoms with Crippen molar-refractivity contribution in [3.8, 4) is 5.75 Å². The van der Waals surface area contributed by atoms with E-state index in [9.17, 15) is 14.4 Å². The molecular formula is C27H25N3O5S. The van der Waals surface area contributed by atoms with E-state index >= 15 is 0 Å². The highest BCUT2D eigenvalue weighted by Crippen LogP contribution is 2.33. The van der Waals surface area contributed by atoms with Gasteiger partial charge in [0.1, 0.15) is 11.0 Å². The highest BCUT2D eigenvalue weighted by atomic mass is 32.2. The number of carbonyl (C=O) groups is 3. The summed E-state index contributed by atoms with van der Waals surface area (Å²) in [5.41, 5.74) is 2.55. The van der Waals surface area contributed by atoms with E-state index in [1.807, 2.05) is 42.5 Å². The number of nitrogens with zero attached hydrogens (tertiary/aromatic N) is 2. The van der Waals surface area contributed by atoms with Crippen LogP contribution in [0.3, 0.4) is 0 Å². The van der Waals surface area contributed by atoms with E-state index in [0.29, 0.717) is 34.4 Å². The van der Waals surface area contributed by atoms with Crippen LogP contribution in [0.1, 0.15) is 22.3 Å². The lowest BCUT2D eigenvalue weighted by Gasteiger charge is -2.16. The summed E-state index contributed by atoms with van der Waals surface area (Å²) in [6, 6.07) is 23.2. The minimum absolute atomic E-state index is 0.0187. The number of esters is 1. The van der Waals surface area contributed by atoms with Gasteiger partial charge in [-0.1, -0.05) is 42.1 Å². The molecule has 3 aromatic rings. The van der Waals surface area contributed by atoms with Gasteiger partial charge in [-0.15, -0.1) is 0 Å². The third-order valence-electron chi connectivity index (χ3n) is 5.46. The number of rotatable bonds is 8. The minimum Gasteiger partial charge on any atom is -0.497 e. The van der Waals surface area contributed by atoms with Crippen molar-refractivity contribution in [1.29, 1.82) is 0 Å². The van der Waals surface area contributed by atoms with E-state index in [4.69, 9.17) is 9.73 Å². The molecule has 2 amide bonds. The lowest BCUT2D eigenvalue weighted by atomic mass is 10.2. The summed E-state index contributed by atoms with van der Waals surface area (Å²) in [6.45, 7) is 0.356. The summed E-state index contributed by atoms with van der Waals surface area (Å²) in [5, 5.41) is 2.71.